The third-order valence-corrected chi connectivity index (χ3v) is 10.9. The van der Waals surface area contributed by atoms with Crippen LogP contribution in [0.25, 0.3) is 33.3 Å². The van der Waals surface area contributed by atoms with Crippen LogP contribution in [0.5, 0.6) is 5.75 Å². The van der Waals surface area contributed by atoms with E-state index in [1.807, 2.05) is 13.1 Å². The van der Waals surface area contributed by atoms with Gasteiger partial charge < -0.3 is 10.0 Å². The van der Waals surface area contributed by atoms with E-state index in [1.54, 1.807) is 0 Å². The Labute approximate surface area is 317 Å². The maximum atomic E-state index is 11.6. The average molecular weight is 765 g/mol. The van der Waals surface area contributed by atoms with Gasteiger partial charge in [0.1, 0.15) is 17.1 Å². The number of anilines is 3. The molecule has 4 nitrogen and oxygen atoms in total. The van der Waals surface area contributed by atoms with Crippen LogP contribution in [0.15, 0.2) is 85.1 Å². The molecule has 1 aliphatic heterocycles. The monoisotopic (exact) mass is 764 g/mol. The number of aromatic hydroxyl groups is 1. The van der Waals surface area contributed by atoms with Crippen molar-refractivity contribution in [2.45, 2.75) is 92.4 Å². The number of aromatic nitrogens is 2. The summed E-state index contributed by atoms with van der Waals surface area (Å²) in [5.41, 5.74) is 14.2. The topological polar surface area (TPSA) is 49.2 Å². The first-order chi connectivity index (χ1) is 23.5. The Morgan fingerprint density at radius 2 is 1.39 bits per heavy atom. The van der Waals surface area contributed by atoms with Gasteiger partial charge in [0.2, 0.25) is 0 Å². The van der Waals surface area contributed by atoms with Gasteiger partial charge in [-0.05, 0) is 111 Å². The quantitative estimate of drug-likeness (QED) is 0.144. The first-order valence-electron chi connectivity index (χ1n) is 17.7. The molecular formula is C46H48N3OPd-. The van der Waals surface area contributed by atoms with Crippen LogP contribution in [0.3, 0.4) is 0 Å². The molecule has 1 aliphatic rings. The van der Waals surface area contributed by atoms with Gasteiger partial charge in [-0.1, -0.05) is 109 Å². The van der Waals surface area contributed by atoms with E-state index < -0.39 is 0 Å². The summed E-state index contributed by atoms with van der Waals surface area (Å²) >= 11 is 0. The van der Waals surface area contributed by atoms with E-state index in [4.69, 9.17) is 9.97 Å². The summed E-state index contributed by atoms with van der Waals surface area (Å²) in [5.74, 6) is 1.09. The molecule has 0 saturated carbocycles. The number of fused-ring (bicyclic) bond motifs is 3. The minimum Gasteiger partial charge on any atom is -0.505 e. The Bertz CT molecular complexity index is 2310. The molecule has 2 aromatic heterocycles. The standard InChI is InChI=1S/C46H48N3O.Pd/c1-27-28(2)41-34(30-16-19-32(20-17-30)44(4,5)6)26-37(48-42(41)43(50)29(27)3)31-18-21-36-39(24-31)49(38-15-13-12-14-35(38)46(36,10)11)40-25-33(22-23-47-40)45(7,8)9;/h12-23,25-26,50H,1-11H3;/q-1;. The van der Waals surface area contributed by atoms with Gasteiger partial charge in [-0.25, -0.2) is 4.98 Å². The van der Waals surface area contributed by atoms with Crippen molar-refractivity contribution in [1.82, 2.24) is 9.97 Å². The molecule has 0 unspecified atom stereocenters. The second-order valence-electron chi connectivity index (χ2n) is 16.6. The molecule has 0 bridgehead atoms. The molecule has 3 heterocycles. The first-order valence-corrected chi connectivity index (χ1v) is 17.7. The van der Waals surface area contributed by atoms with Crippen molar-refractivity contribution in [3.8, 4) is 28.1 Å². The second-order valence-corrected chi connectivity index (χ2v) is 16.6. The number of hydrogen-bond acceptors (Lipinski definition) is 4. The van der Waals surface area contributed by atoms with Crippen LogP contribution in [-0.2, 0) is 36.7 Å². The van der Waals surface area contributed by atoms with E-state index in [0.29, 0.717) is 5.52 Å². The van der Waals surface area contributed by atoms with Crippen LogP contribution in [0.4, 0.5) is 17.2 Å². The fourth-order valence-corrected chi connectivity index (χ4v) is 7.46. The zero-order chi connectivity index (χ0) is 35.9. The maximum absolute atomic E-state index is 11.6. The van der Waals surface area contributed by atoms with Crippen LogP contribution in [0.2, 0.25) is 0 Å². The first kappa shape index (κ1) is 36.5. The maximum Gasteiger partial charge on any atom is 0.144 e. The number of nitrogens with zero attached hydrogens (tertiary/aromatic N) is 3. The number of phenolic OH excluding ortho intramolecular Hbond substituents is 1. The van der Waals surface area contributed by atoms with Crippen molar-refractivity contribution in [3.63, 3.8) is 0 Å². The summed E-state index contributed by atoms with van der Waals surface area (Å²) in [6, 6.07) is 32.2. The molecule has 0 atom stereocenters. The predicted octanol–water partition coefficient (Wildman–Crippen LogP) is 12.1. The molecule has 264 valence electrons. The molecule has 1 N–H and O–H groups in total. The van der Waals surface area contributed by atoms with Crippen molar-refractivity contribution in [1.29, 1.82) is 0 Å². The zero-order valence-electron chi connectivity index (χ0n) is 31.7. The molecule has 0 radical (unpaired) electrons. The Morgan fingerprint density at radius 1 is 0.725 bits per heavy atom. The number of para-hydroxylation sites is 1. The summed E-state index contributed by atoms with van der Waals surface area (Å²) in [6.45, 7) is 24.2. The van der Waals surface area contributed by atoms with Gasteiger partial charge in [0, 0.05) is 37.7 Å². The number of benzene rings is 4. The van der Waals surface area contributed by atoms with Gasteiger partial charge in [0.05, 0.1) is 0 Å². The molecule has 5 heteroatoms. The van der Waals surface area contributed by atoms with Crippen molar-refractivity contribution in [3.05, 3.63) is 130 Å². The summed E-state index contributed by atoms with van der Waals surface area (Å²) in [4.78, 5) is 12.4. The number of rotatable bonds is 3. The van der Waals surface area contributed by atoms with E-state index in [0.717, 1.165) is 61.7 Å². The largest absolute Gasteiger partial charge is 0.505 e. The third kappa shape index (κ3) is 6.09. The van der Waals surface area contributed by atoms with Crippen LogP contribution < -0.4 is 4.90 Å². The van der Waals surface area contributed by atoms with Gasteiger partial charge in [-0.15, -0.1) is 23.8 Å². The van der Waals surface area contributed by atoms with E-state index >= 15 is 0 Å². The molecule has 4 aromatic carbocycles. The fraction of sp³-hybridized carbons (Fsp3) is 0.304. The second kappa shape index (κ2) is 12.7. The summed E-state index contributed by atoms with van der Waals surface area (Å²) in [5, 5.41) is 12.6. The number of pyridine rings is 2. The molecular weight excluding hydrogens is 717 g/mol. The van der Waals surface area contributed by atoms with Crippen molar-refractivity contribution < 1.29 is 25.5 Å². The van der Waals surface area contributed by atoms with Gasteiger partial charge in [0.15, 0.2) is 0 Å². The smallest absolute Gasteiger partial charge is 0.144 e. The van der Waals surface area contributed by atoms with Gasteiger partial charge in [0.25, 0.3) is 0 Å². The van der Waals surface area contributed by atoms with Gasteiger partial charge >= 0.3 is 0 Å². The number of hydrogen-bond donors (Lipinski definition) is 1. The van der Waals surface area contributed by atoms with Gasteiger partial charge in [-0.3, -0.25) is 4.98 Å². The van der Waals surface area contributed by atoms with Crippen LogP contribution >= 0.6 is 0 Å². The zero-order valence-corrected chi connectivity index (χ0v) is 33.2. The summed E-state index contributed by atoms with van der Waals surface area (Å²) in [7, 11) is 0. The van der Waals surface area contributed by atoms with E-state index in [-0.39, 0.29) is 42.4 Å². The molecule has 0 spiro atoms. The van der Waals surface area contributed by atoms with Crippen molar-refractivity contribution >= 4 is 28.1 Å². The minimum absolute atomic E-state index is 0. The molecule has 51 heavy (non-hydrogen) atoms. The number of phenols is 1. The van der Waals surface area contributed by atoms with Crippen molar-refractivity contribution in [2.75, 3.05) is 4.90 Å². The molecule has 0 aliphatic carbocycles. The van der Waals surface area contributed by atoms with E-state index in [2.05, 4.69) is 159 Å². The molecule has 0 saturated heterocycles. The van der Waals surface area contributed by atoms with E-state index in [1.165, 1.54) is 22.3 Å². The van der Waals surface area contributed by atoms with Crippen molar-refractivity contribution in [2.24, 2.45) is 0 Å². The van der Waals surface area contributed by atoms with Crippen LogP contribution in [0.1, 0.15) is 94.3 Å². The molecule has 0 amide bonds. The Hall–Kier alpha value is -4.30. The molecule has 6 aromatic rings. The SMILES string of the molecule is Cc1c(C)c(C)c2c(-c3ccc(C(C)(C)C)cc3)cc(-c3[c-]c4c(cc3)C(C)(C)c3ccccc3N4c3cc(C(C)(C)C)ccn3)nc2c1O.[Pd]. The average Bonchev–Trinajstić information content (AvgIpc) is 3.08. The predicted molar refractivity (Wildman–Crippen MR) is 209 cm³/mol. The minimum atomic E-state index is -0.264. The Morgan fingerprint density at radius 3 is 2.06 bits per heavy atom. The van der Waals surface area contributed by atoms with Crippen LogP contribution in [0, 0.1) is 26.8 Å². The Kier molecular flexibility index (Phi) is 9.11. The van der Waals surface area contributed by atoms with Gasteiger partial charge in [-0.2, -0.15) is 0 Å². The van der Waals surface area contributed by atoms with Crippen LogP contribution in [-0.4, -0.2) is 15.1 Å². The fourth-order valence-electron chi connectivity index (χ4n) is 7.46. The number of aryl methyl sites for hydroxylation is 1. The summed E-state index contributed by atoms with van der Waals surface area (Å²) < 4.78 is 0. The molecule has 7 rings (SSSR count). The Balaban J connectivity index is 0.00000448. The molecule has 0 fully saturated rings. The normalized spacial score (nSPS) is 13.8. The summed E-state index contributed by atoms with van der Waals surface area (Å²) in [6.07, 6.45) is 1.92. The third-order valence-electron chi connectivity index (χ3n) is 10.9. The van der Waals surface area contributed by atoms with E-state index in [9.17, 15) is 5.11 Å².